The van der Waals surface area contributed by atoms with Gasteiger partial charge in [0.1, 0.15) is 5.54 Å². The zero-order valence-electron chi connectivity index (χ0n) is 17.2. The molecule has 0 bridgehead atoms. The van der Waals surface area contributed by atoms with Gasteiger partial charge in [-0.2, -0.15) is 0 Å². The topological polar surface area (TPSA) is 70.7 Å². The third kappa shape index (κ3) is 4.39. The number of hydrogen-bond acceptors (Lipinski definition) is 5. The van der Waals surface area contributed by atoms with E-state index in [2.05, 4.69) is 41.6 Å². The molecular formula is C22H26ClN3O3S. The highest BCUT2D eigenvalue weighted by Gasteiger charge is 2.44. The lowest BCUT2D eigenvalue weighted by molar-refractivity contribution is -0.122. The van der Waals surface area contributed by atoms with E-state index in [-0.39, 0.29) is 18.4 Å². The summed E-state index contributed by atoms with van der Waals surface area (Å²) in [5.41, 5.74) is 2.25. The quantitative estimate of drug-likeness (QED) is 0.752. The van der Waals surface area contributed by atoms with E-state index in [0.717, 1.165) is 25.2 Å². The first-order valence-electron chi connectivity index (χ1n) is 10.1. The minimum atomic E-state index is -1.09. The van der Waals surface area contributed by atoms with E-state index in [9.17, 15) is 9.59 Å². The second kappa shape index (κ2) is 8.67. The SMILES string of the molecule is C[C@H]1CN(C)CCc2cc(NC(=O)C3(NC(=O)c4ccc(Cl)s4)CCOC3)ccc21. The minimum Gasteiger partial charge on any atom is -0.378 e. The molecule has 2 N–H and O–H groups in total. The van der Waals surface area contributed by atoms with Crippen molar-refractivity contribution < 1.29 is 14.3 Å². The summed E-state index contributed by atoms with van der Waals surface area (Å²) in [7, 11) is 2.14. The number of thiophene rings is 1. The van der Waals surface area contributed by atoms with E-state index in [0.29, 0.717) is 28.2 Å². The highest BCUT2D eigenvalue weighted by Crippen LogP contribution is 2.29. The Balaban J connectivity index is 1.52. The largest absolute Gasteiger partial charge is 0.378 e. The van der Waals surface area contributed by atoms with Crippen LogP contribution in [0.15, 0.2) is 30.3 Å². The fraction of sp³-hybridized carbons (Fsp3) is 0.455. The van der Waals surface area contributed by atoms with E-state index in [1.54, 1.807) is 12.1 Å². The molecule has 30 heavy (non-hydrogen) atoms. The smallest absolute Gasteiger partial charge is 0.262 e. The average molecular weight is 448 g/mol. The van der Waals surface area contributed by atoms with E-state index in [1.807, 2.05) is 6.07 Å². The van der Waals surface area contributed by atoms with Gasteiger partial charge < -0.3 is 20.3 Å². The highest BCUT2D eigenvalue weighted by atomic mass is 35.5. The van der Waals surface area contributed by atoms with Crippen molar-refractivity contribution in [3.8, 4) is 0 Å². The molecule has 4 rings (SSSR count). The lowest BCUT2D eigenvalue weighted by Crippen LogP contribution is -2.57. The van der Waals surface area contributed by atoms with Gasteiger partial charge in [0.25, 0.3) is 11.8 Å². The number of nitrogens with one attached hydrogen (secondary N) is 2. The molecule has 2 aromatic rings. The molecule has 2 amide bonds. The summed E-state index contributed by atoms with van der Waals surface area (Å²) in [5, 5.41) is 5.91. The first-order valence-corrected chi connectivity index (χ1v) is 11.3. The molecule has 6 nitrogen and oxygen atoms in total. The summed E-state index contributed by atoms with van der Waals surface area (Å²) in [6.07, 6.45) is 1.38. The predicted octanol–water partition coefficient (Wildman–Crippen LogP) is 3.52. The number of amides is 2. The second-order valence-electron chi connectivity index (χ2n) is 8.22. The number of ether oxygens (including phenoxy) is 1. The van der Waals surface area contributed by atoms with Crippen LogP contribution in [0.25, 0.3) is 0 Å². The molecule has 0 aliphatic carbocycles. The summed E-state index contributed by atoms with van der Waals surface area (Å²) >= 11 is 7.13. The molecule has 2 atom stereocenters. The number of anilines is 1. The summed E-state index contributed by atoms with van der Waals surface area (Å²) in [6.45, 7) is 4.82. The van der Waals surface area contributed by atoms with Crippen molar-refractivity contribution in [1.29, 1.82) is 0 Å². The first kappa shape index (κ1) is 21.3. The van der Waals surface area contributed by atoms with Crippen molar-refractivity contribution in [2.45, 2.75) is 31.2 Å². The maximum atomic E-state index is 13.2. The fourth-order valence-corrected chi connectivity index (χ4v) is 5.15. The molecule has 1 fully saturated rings. The summed E-state index contributed by atoms with van der Waals surface area (Å²) in [5.74, 6) is -0.121. The number of carbonyl (C=O) groups excluding carboxylic acids is 2. The van der Waals surface area contributed by atoms with Crippen LogP contribution in [0.1, 0.15) is 40.1 Å². The molecule has 0 radical (unpaired) electrons. The van der Waals surface area contributed by atoms with Gasteiger partial charge in [0.2, 0.25) is 0 Å². The Morgan fingerprint density at radius 3 is 2.83 bits per heavy atom. The Labute approximate surface area is 185 Å². The molecular weight excluding hydrogens is 422 g/mol. The van der Waals surface area contributed by atoms with Crippen LogP contribution in [-0.2, 0) is 16.0 Å². The predicted molar refractivity (Wildman–Crippen MR) is 120 cm³/mol. The van der Waals surface area contributed by atoms with Crippen LogP contribution < -0.4 is 10.6 Å². The van der Waals surface area contributed by atoms with Crippen LogP contribution in [0, 0.1) is 0 Å². The zero-order valence-corrected chi connectivity index (χ0v) is 18.7. The van der Waals surface area contributed by atoms with Gasteiger partial charge >= 0.3 is 0 Å². The van der Waals surface area contributed by atoms with E-state index >= 15 is 0 Å². The molecule has 3 heterocycles. The monoisotopic (exact) mass is 447 g/mol. The number of halogens is 1. The van der Waals surface area contributed by atoms with Crippen molar-refractivity contribution >= 4 is 40.4 Å². The maximum Gasteiger partial charge on any atom is 0.262 e. The third-order valence-corrected chi connectivity index (χ3v) is 7.12. The highest BCUT2D eigenvalue weighted by molar-refractivity contribution is 7.18. The number of hydrogen-bond donors (Lipinski definition) is 2. The Hall–Kier alpha value is -1.93. The van der Waals surface area contributed by atoms with Crippen molar-refractivity contribution in [2.24, 2.45) is 0 Å². The number of carbonyl (C=O) groups is 2. The van der Waals surface area contributed by atoms with Gasteiger partial charge in [-0.25, -0.2) is 0 Å². The molecule has 160 valence electrons. The zero-order chi connectivity index (χ0) is 21.3. The molecule has 2 aliphatic rings. The minimum absolute atomic E-state index is 0.149. The van der Waals surface area contributed by atoms with Crippen LogP contribution in [0.3, 0.4) is 0 Å². The molecule has 1 saturated heterocycles. The number of fused-ring (bicyclic) bond motifs is 1. The molecule has 2 aliphatic heterocycles. The molecule has 8 heteroatoms. The third-order valence-electron chi connectivity index (χ3n) is 5.89. The van der Waals surface area contributed by atoms with Gasteiger partial charge in [-0.3, -0.25) is 9.59 Å². The number of likely N-dealkylation sites (N-methyl/N-ethyl adjacent to an activating group) is 1. The maximum absolute atomic E-state index is 13.2. The van der Waals surface area contributed by atoms with Gasteiger partial charge in [0.15, 0.2) is 0 Å². The van der Waals surface area contributed by atoms with Gasteiger partial charge in [-0.1, -0.05) is 24.6 Å². The number of benzene rings is 1. The van der Waals surface area contributed by atoms with E-state index in [4.69, 9.17) is 16.3 Å². The number of rotatable bonds is 4. The summed E-state index contributed by atoms with van der Waals surface area (Å²) < 4.78 is 6.02. The molecule has 1 aromatic carbocycles. The first-order chi connectivity index (χ1) is 14.4. The van der Waals surface area contributed by atoms with Gasteiger partial charge in [-0.15, -0.1) is 11.3 Å². The molecule has 0 spiro atoms. The van der Waals surface area contributed by atoms with Gasteiger partial charge in [0, 0.05) is 31.8 Å². The lowest BCUT2D eigenvalue weighted by Gasteiger charge is -2.27. The Bertz CT molecular complexity index is 955. The van der Waals surface area contributed by atoms with Crippen molar-refractivity contribution in [3.63, 3.8) is 0 Å². The van der Waals surface area contributed by atoms with Crippen LogP contribution in [0.4, 0.5) is 5.69 Å². The van der Waals surface area contributed by atoms with Crippen LogP contribution >= 0.6 is 22.9 Å². The Kier molecular flexibility index (Phi) is 6.16. The molecule has 1 unspecified atom stereocenters. The fourth-order valence-electron chi connectivity index (χ4n) is 4.21. The molecule has 1 aromatic heterocycles. The Morgan fingerprint density at radius 1 is 1.30 bits per heavy atom. The average Bonchev–Trinajstić information content (AvgIpc) is 3.33. The van der Waals surface area contributed by atoms with Crippen LogP contribution in [0.5, 0.6) is 0 Å². The second-order valence-corrected chi connectivity index (χ2v) is 9.94. The Morgan fingerprint density at radius 2 is 2.13 bits per heavy atom. The summed E-state index contributed by atoms with van der Waals surface area (Å²) in [6, 6.07) is 9.45. The van der Waals surface area contributed by atoms with E-state index < -0.39 is 5.54 Å². The van der Waals surface area contributed by atoms with E-state index in [1.165, 1.54) is 22.5 Å². The standard InChI is InChI=1S/C22H26ClN3O3S/c1-14-12-26(2)9-7-15-11-16(3-4-17(14)15)24-21(28)22(8-10-29-13-22)25-20(27)18-5-6-19(23)30-18/h3-6,11,14H,7-10,12-13H2,1-2H3,(H,24,28)(H,25,27)/t14-,22?/m0/s1. The van der Waals surface area contributed by atoms with Crippen molar-refractivity contribution in [1.82, 2.24) is 10.2 Å². The van der Waals surface area contributed by atoms with Gasteiger partial charge in [-0.05, 0) is 54.8 Å². The number of nitrogens with zero attached hydrogens (tertiary/aromatic N) is 1. The lowest BCUT2D eigenvalue weighted by atomic mass is 9.94. The normalized spacial score (nSPS) is 24.2. The van der Waals surface area contributed by atoms with Crippen LogP contribution in [0.2, 0.25) is 4.34 Å². The van der Waals surface area contributed by atoms with Crippen molar-refractivity contribution in [3.05, 3.63) is 50.7 Å². The van der Waals surface area contributed by atoms with Crippen LogP contribution in [-0.4, -0.2) is 55.6 Å². The molecule has 0 saturated carbocycles. The van der Waals surface area contributed by atoms with Gasteiger partial charge in [0.05, 0.1) is 15.8 Å². The van der Waals surface area contributed by atoms with Crippen molar-refractivity contribution in [2.75, 3.05) is 38.7 Å². The summed E-state index contributed by atoms with van der Waals surface area (Å²) in [4.78, 5) is 28.7.